The molecule has 0 spiro atoms. The maximum absolute atomic E-state index is 11.8. The lowest BCUT2D eigenvalue weighted by molar-refractivity contribution is 0.0967. The predicted molar refractivity (Wildman–Crippen MR) is 81.8 cm³/mol. The van der Waals surface area contributed by atoms with Crippen LogP contribution in [0.1, 0.15) is 10.4 Å². The number of carbonyl (C=O) groups is 2. The molecular weight excluding hydrogens is 284 g/mol. The van der Waals surface area contributed by atoms with Crippen LogP contribution in [0.15, 0.2) is 53.3 Å². The number of carbonyl (C=O) groups excluding carboxylic acids is 2. The molecule has 110 valence electrons. The Balaban J connectivity index is 1.70. The summed E-state index contributed by atoms with van der Waals surface area (Å²) >= 11 is 0. The lowest BCUT2D eigenvalue weighted by Crippen LogP contribution is -2.34. The van der Waals surface area contributed by atoms with Crippen LogP contribution in [0.2, 0.25) is 0 Å². The molecule has 0 aliphatic rings. The molecule has 3 aromatic rings. The zero-order valence-electron chi connectivity index (χ0n) is 11.3. The molecule has 22 heavy (non-hydrogen) atoms. The van der Waals surface area contributed by atoms with Crippen molar-refractivity contribution in [2.24, 2.45) is 0 Å². The van der Waals surface area contributed by atoms with Gasteiger partial charge in [-0.3, -0.25) is 10.1 Å². The van der Waals surface area contributed by atoms with Gasteiger partial charge in [-0.25, -0.2) is 9.59 Å². The number of imide groups is 1. The fraction of sp³-hybridized carbons (Fsp3) is 0. The van der Waals surface area contributed by atoms with Gasteiger partial charge in [0.25, 0.3) is 5.91 Å². The van der Waals surface area contributed by atoms with Crippen LogP contribution >= 0.6 is 0 Å². The van der Waals surface area contributed by atoms with Crippen molar-refractivity contribution in [1.82, 2.24) is 15.3 Å². The summed E-state index contributed by atoms with van der Waals surface area (Å²) in [6, 6.07) is 12.7. The second kappa shape index (κ2) is 5.57. The number of aromatic amines is 2. The third kappa shape index (κ3) is 2.88. The summed E-state index contributed by atoms with van der Waals surface area (Å²) in [6.45, 7) is 0. The summed E-state index contributed by atoms with van der Waals surface area (Å²) in [5, 5.41) is 4.77. The topological polar surface area (TPSA) is 107 Å². The van der Waals surface area contributed by atoms with Gasteiger partial charge in [-0.1, -0.05) is 18.2 Å². The molecule has 0 aliphatic heterocycles. The molecule has 3 rings (SSSR count). The quantitative estimate of drug-likeness (QED) is 0.579. The summed E-state index contributed by atoms with van der Waals surface area (Å²) in [7, 11) is 0. The van der Waals surface area contributed by atoms with Crippen LogP contribution in [0, 0.1) is 0 Å². The Morgan fingerprint density at radius 1 is 0.909 bits per heavy atom. The van der Waals surface area contributed by atoms with E-state index in [4.69, 9.17) is 0 Å². The Morgan fingerprint density at radius 3 is 2.41 bits per heavy atom. The minimum absolute atomic E-state index is 0.323. The van der Waals surface area contributed by atoms with E-state index in [1.165, 1.54) is 0 Å². The van der Waals surface area contributed by atoms with E-state index >= 15 is 0 Å². The van der Waals surface area contributed by atoms with E-state index in [1.54, 1.807) is 48.5 Å². The Morgan fingerprint density at radius 2 is 1.64 bits per heavy atom. The SMILES string of the molecule is O=C(NC(=O)c1ccccc1)Nc1ccc2[nH]c(=O)[nH]c2c1. The molecule has 7 nitrogen and oxygen atoms in total. The number of benzene rings is 2. The van der Waals surface area contributed by atoms with Gasteiger partial charge in [-0.15, -0.1) is 0 Å². The van der Waals surface area contributed by atoms with Gasteiger partial charge in [0.1, 0.15) is 0 Å². The van der Waals surface area contributed by atoms with Crippen LogP contribution in [0.3, 0.4) is 0 Å². The summed E-state index contributed by atoms with van der Waals surface area (Å²) in [6.07, 6.45) is 0. The van der Waals surface area contributed by atoms with Crippen molar-refractivity contribution >= 4 is 28.7 Å². The highest BCUT2D eigenvalue weighted by molar-refractivity contribution is 6.08. The van der Waals surface area contributed by atoms with Gasteiger partial charge >= 0.3 is 11.7 Å². The smallest absolute Gasteiger partial charge is 0.308 e. The lowest BCUT2D eigenvalue weighted by Gasteiger charge is -2.06. The second-order valence-electron chi connectivity index (χ2n) is 4.61. The van der Waals surface area contributed by atoms with Gasteiger partial charge in [-0.2, -0.15) is 0 Å². The van der Waals surface area contributed by atoms with Crippen molar-refractivity contribution < 1.29 is 9.59 Å². The van der Waals surface area contributed by atoms with E-state index in [2.05, 4.69) is 20.6 Å². The lowest BCUT2D eigenvalue weighted by atomic mass is 10.2. The first-order valence-electron chi connectivity index (χ1n) is 6.51. The second-order valence-corrected chi connectivity index (χ2v) is 4.61. The number of urea groups is 1. The molecule has 0 bridgehead atoms. The van der Waals surface area contributed by atoms with Crippen molar-refractivity contribution in [2.75, 3.05) is 5.32 Å². The first-order chi connectivity index (χ1) is 10.6. The van der Waals surface area contributed by atoms with E-state index in [1.807, 2.05) is 0 Å². The number of aromatic nitrogens is 2. The number of amides is 3. The van der Waals surface area contributed by atoms with Gasteiger partial charge in [0.15, 0.2) is 0 Å². The van der Waals surface area contributed by atoms with E-state index in [0.29, 0.717) is 22.3 Å². The van der Waals surface area contributed by atoms with Crippen LogP contribution in [0.4, 0.5) is 10.5 Å². The third-order valence-corrected chi connectivity index (χ3v) is 3.04. The summed E-state index contributed by atoms with van der Waals surface area (Å²) in [4.78, 5) is 40.0. The normalized spacial score (nSPS) is 10.4. The highest BCUT2D eigenvalue weighted by Gasteiger charge is 2.10. The number of nitrogens with one attached hydrogen (secondary N) is 4. The summed E-state index contributed by atoms with van der Waals surface area (Å²) < 4.78 is 0. The molecule has 7 heteroatoms. The number of hydrogen-bond acceptors (Lipinski definition) is 3. The van der Waals surface area contributed by atoms with Crippen LogP contribution in [0.25, 0.3) is 11.0 Å². The molecule has 0 unspecified atom stereocenters. The number of fused-ring (bicyclic) bond motifs is 1. The fourth-order valence-corrected chi connectivity index (χ4v) is 2.04. The average molecular weight is 296 g/mol. The number of rotatable bonds is 2. The van der Waals surface area contributed by atoms with Crippen molar-refractivity contribution in [3.63, 3.8) is 0 Å². The van der Waals surface area contributed by atoms with Gasteiger partial charge in [-0.05, 0) is 30.3 Å². The van der Waals surface area contributed by atoms with E-state index in [9.17, 15) is 14.4 Å². The first-order valence-corrected chi connectivity index (χ1v) is 6.51. The van der Waals surface area contributed by atoms with Crippen molar-refractivity contribution in [1.29, 1.82) is 0 Å². The Bertz CT molecular complexity index is 896. The maximum atomic E-state index is 11.8. The highest BCUT2D eigenvalue weighted by atomic mass is 16.2. The molecule has 1 heterocycles. The molecule has 0 radical (unpaired) electrons. The average Bonchev–Trinajstić information content (AvgIpc) is 2.87. The largest absolute Gasteiger partial charge is 0.326 e. The van der Waals surface area contributed by atoms with Crippen LogP contribution in [-0.4, -0.2) is 21.9 Å². The Kier molecular flexibility index (Phi) is 3.45. The van der Waals surface area contributed by atoms with Crippen LogP contribution in [0.5, 0.6) is 0 Å². The monoisotopic (exact) mass is 296 g/mol. The molecule has 0 saturated heterocycles. The molecule has 0 aliphatic carbocycles. The van der Waals surface area contributed by atoms with Gasteiger partial charge in [0, 0.05) is 11.3 Å². The van der Waals surface area contributed by atoms with Crippen molar-refractivity contribution in [3.05, 3.63) is 64.6 Å². The van der Waals surface area contributed by atoms with Crippen LogP contribution < -0.4 is 16.3 Å². The van der Waals surface area contributed by atoms with Gasteiger partial charge < -0.3 is 15.3 Å². The van der Waals surface area contributed by atoms with Gasteiger partial charge in [0.05, 0.1) is 11.0 Å². The van der Waals surface area contributed by atoms with E-state index < -0.39 is 11.9 Å². The molecule has 2 aromatic carbocycles. The number of imidazole rings is 1. The minimum atomic E-state index is -0.647. The standard InChI is InChI=1S/C15H12N4O3/c20-13(9-4-2-1-3-5-9)19-14(21)16-10-6-7-11-12(8-10)18-15(22)17-11/h1-8H,(H2,17,18,22)(H2,16,19,20,21). The zero-order chi connectivity index (χ0) is 15.5. The Hall–Kier alpha value is -3.35. The van der Waals surface area contributed by atoms with Gasteiger partial charge in [0.2, 0.25) is 0 Å². The van der Waals surface area contributed by atoms with Crippen LogP contribution in [-0.2, 0) is 0 Å². The Labute approximate surface area is 124 Å². The molecule has 4 N–H and O–H groups in total. The summed E-state index contributed by atoms with van der Waals surface area (Å²) in [5.41, 5.74) is 1.73. The van der Waals surface area contributed by atoms with Crippen molar-refractivity contribution in [3.8, 4) is 0 Å². The number of H-pyrrole nitrogens is 2. The predicted octanol–water partition coefficient (Wildman–Crippen LogP) is 1.82. The fourth-order valence-electron chi connectivity index (χ4n) is 2.04. The molecular formula is C15H12N4O3. The molecule has 3 amide bonds. The first kappa shape index (κ1) is 13.6. The number of anilines is 1. The van der Waals surface area contributed by atoms with Crippen molar-refractivity contribution in [2.45, 2.75) is 0 Å². The molecule has 0 saturated carbocycles. The minimum Gasteiger partial charge on any atom is -0.308 e. The van der Waals surface area contributed by atoms with E-state index in [0.717, 1.165) is 0 Å². The molecule has 0 fully saturated rings. The molecule has 0 atom stereocenters. The summed E-state index contributed by atoms with van der Waals surface area (Å²) in [5.74, 6) is -0.491. The number of hydrogen-bond donors (Lipinski definition) is 4. The zero-order valence-corrected chi connectivity index (χ0v) is 11.3. The third-order valence-electron chi connectivity index (χ3n) is 3.04. The maximum Gasteiger partial charge on any atom is 0.326 e. The molecule has 1 aromatic heterocycles. The van der Waals surface area contributed by atoms with E-state index in [-0.39, 0.29) is 5.69 Å². The highest BCUT2D eigenvalue weighted by Crippen LogP contribution is 2.14.